The molecule has 0 aliphatic rings. The van der Waals surface area contributed by atoms with Gasteiger partial charge in [-0.2, -0.15) is 5.10 Å². The summed E-state index contributed by atoms with van der Waals surface area (Å²) in [5.74, 6) is 0. The van der Waals surface area contributed by atoms with Crippen LogP contribution in [-0.4, -0.2) is 9.78 Å². The maximum atomic E-state index is 6.10. The molecule has 1 heterocycles. The van der Waals surface area contributed by atoms with Crippen molar-refractivity contribution in [1.82, 2.24) is 9.78 Å². The van der Waals surface area contributed by atoms with E-state index in [1.165, 1.54) is 5.56 Å². The van der Waals surface area contributed by atoms with Crippen molar-refractivity contribution < 1.29 is 0 Å². The number of rotatable bonds is 5. The maximum absolute atomic E-state index is 6.10. The molecule has 3 nitrogen and oxygen atoms in total. The van der Waals surface area contributed by atoms with E-state index in [1.807, 2.05) is 25.4 Å². The molecule has 2 aromatic rings. The molecule has 0 saturated carbocycles. The summed E-state index contributed by atoms with van der Waals surface area (Å²) in [5, 5.41) is 4.33. The van der Waals surface area contributed by atoms with E-state index in [1.54, 1.807) is 4.68 Å². The van der Waals surface area contributed by atoms with Gasteiger partial charge in [0.25, 0.3) is 0 Å². The summed E-state index contributed by atoms with van der Waals surface area (Å²) in [6, 6.07) is 12.6. The van der Waals surface area contributed by atoms with Crippen LogP contribution in [0, 0.1) is 0 Å². The molecule has 17 heavy (non-hydrogen) atoms. The first kappa shape index (κ1) is 11.9. The van der Waals surface area contributed by atoms with E-state index in [0.29, 0.717) is 0 Å². The second-order valence-corrected chi connectivity index (χ2v) is 4.40. The predicted molar refractivity (Wildman–Crippen MR) is 69.5 cm³/mol. The average molecular weight is 229 g/mol. The molecular formula is C14H19N3. The topological polar surface area (TPSA) is 43.8 Å². The van der Waals surface area contributed by atoms with Gasteiger partial charge in [-0.3, -0.25) is 4.68 Å². The Morgan fingerprint density at radius 3 is 2.65 bits per heavy atom. The Morgan fingerprint density at radius 2 is 2.00 bits per heavy atom. The fourth-order valence-electron chi connectivity index (χ4n) is 1.95. The van der Waals surface area contributed by atoms with Crippen molar-refractivity contribution in [2.24, 2.45) is 12.8 Å². The normalized spacial score (nSPS) is 12.6. The third kappa shape index (κ3) is 3.43. The van der Waals surface area contributed by atoms with Gasteiger partial charge in [0, 0.05) is 19.3 Å². The minimum atomic E-state index is 0.0555. The minimum absolute atomic E-state index is 0.0555. The molecule has 2 N–H and O–H groups in total. The summed E-state index contributed by atoms with van der Waals surface area (Å²) in [7, 11) is 1.92. The number of nitrogens with two attached hydrogens (primary N) is 1. The first-order valence-corrected chi connectivity index (χ1v) is 6.05. The Kier molecular flexibility index (Phi) is 3.94. The zero-order valence-electron chi connectivity index (χ0n) is 10.2. The van der Waals surface area contributed by atoms with Crippen LogP contribution >= 0.6 is 0 Å². The van der Waals surface area contributed by atoms with E-state index < -0.39 is 0 Å². The van der Waals surface area contributed by atoms with Gasteiger partial charge in [-0.1, -0.05) is 30.3 Å². The molecule has 90 valence electrons. The predicted octanol–water partition coefficient (Wildman–Crippen LogP) is 2.44. The van der Waals surface area contributed by atoms with Crippen LogP contribution in [0.25, 0.3) is 0 Å². The van der Waals surface area contributed by atoms with E-state index in [-0.39, 0.29) is 6.04 Å². The summed E-state index contributed by atoms with van der Waals surface area (Å²) in [6.07, 6.45) is 5.10. The fraction of sp³-hybridized carbons (Fsp3) is 0.357. The van der Waals surface area contributed by atoms with Crippen molar-refractivity contribution in [1.29, 1.82) is 0 Å². The Hall–Kier alpha value is -1.61. The summed E-state index contributed by atoms with van der Waals surface area (Å²) in [6.45, 7) is 0. The van der Waals surface area contributed by atoms with E-state index >= 15 is 0 Å². The lowest BCUT2D eigenvalue weighted by molar-refractivity contribution is 0.584. The van der Waals surface area contributed by atoms with Crippen molar-refractivity contribution in [2.75, 3.05) is 0 Å². The van der Waals surface area contributed by atoms with Crippen molar-refractivity contribution in [3.8, 4) is 0 Å². The van der Waals surface area contributed by atoms with Gasteiger partial charge in [0.15, 0.2) is 0 Å². The van der Waals surface area contributed by atoms with Gasteiger partial charge < -0.3 is 5.73 Å². The molecule has 3 heteroatoms. The van der Waals surface area contributed by atoms with E-state index in [4.69, 9.17) is 5.73 Å². The van der Waals surface area contributed by atoms with Crippen LogP contribution in [0.1, 0.15) is 30.1 Å². The molecule has 0 aliphatic heterocycles. The lowest BCUT2D eigenvalue weighted by Gasteiger charge is -2.08. The Balaban J connectivity index is 1.79. The highest BCUT2D eigenvalue weighted by Gasteiger charge is 2.08. The van der Waals surface area contributed by atoms with Crippen LogP contribution in [-0.2, 0) is 13.5 Å². The first-order chi connectivity index (χ1) is 8.25. The molecule has 2 rings (SSSR count). The van der Waals surface area contributed by atoms with Gasteiger partial charge in [0.05, 0.1) is 5.69 Å². The third-order valence-corrected chi connectivity index (χ3v) is 2.94. The maximum Gasteiger partial charge on any atom is 0.0791 e. The van der Waals surface area contributed by atoms with Gasteiger partial charge >= 0.3 is 0 Å². The Morgan fingerprint density at radius 1 is 1.24 bits per heavy atom. The van der Waals surface area contributed by atoms with Crippen molar-refractivity contribution >= 4 is 0 Å². The lowest BCUT2D eigenvalue weighted by atomic mass is 10.0. The molecule has 0 aliphatic carbocycles. The van der Waals surface area contributed by atoms with Crippen LogP contribution in [0.2, 0.25) is 0 Å². The molecule has 0 bridgehead atoms. The Bertz CT molecular complexity index is 448. The standard InChI is InChI=1S/C14H19N3/c1-17-11-10-14(16-17)13(15)9-5-8-12-6-3-2-4-7-12/h2-4,6-7,10-11,13H,5,8-9,15H2,1H3. The van der Waals surface area contributed by atoms with Gasteiger partial charge in [0.2, 0.25) is 0 Å². The number of nitrogens with zero attached hydrogens (tertiary/aromatic N) is 2. The summed E-state index contributed by atoms with van der Waals surface area (Å²) < 4.78 is 1.80. The van der Waals surface area contributed by atoms with Crippen LogP contribution < -0.4 is 5.73 Å². The second-order valence-electron chi connectivity index (χ2n) is 4.40. The molecule has 0 spiro atoms. The largest absolute Gasteiger partial charge is 0.323 e. The minimum Gasteiger partial charge on any atom is -0.323 e. The van der Waals surface area contributed by atoms with Crippen LogP contribution in [0.15, 0.2) is 42.6 Å². The van der Waals surface area contributed by atoms with Gasteiger partial charge in [-0.15, -0.1) is 0 Å². The van der Waals surface area contributed by atoms with Crippen molar-refractivity contribution in [3.05, 3.63) is 53.9 Å². The van der Waals surface area contributed by atoms with Crippen LogP contribution in [0.4, 0.5) is 0 Å². The number of benzene rings is 1. The monoisotopic (exact) mass is 229 g/mol. The molecule has 1 atom stereocenters. The van der Waals surface area contributed by atoms with Crippen LogP contribution in [0.5, 0.6) is 0 Å². The lowest BCUT2D eigenvalue weighted by Crippen LogP contribution is -2.11. The molecule has 0 amide bonds. The Labute approximate surface area is 102 Å². The summed E-state index contributed by atoms with van der Waals surface area (Å²) in [4.78, 5) is 0. The summed E-state index contributed by atoms with van der Waals surface area (Å²) >= 11 is 0. The fourth-order valence-corrected chi connectivity index (χ4v) is 1.95. The SMILES string of the molecule is Cn1ccc(C(N)CCCc2ccccc2)n1. The van der Waals surface area contributed by atoms with Gasteiger partial charge in [-0.25, -0.2) is 0 Å². The number of hydrogen-bond acceptors (Lipinski definition) is 2. The molecule has 1 aromatic heterocycles. The van der Waals surface area contributed by atoms with E-state index in [0.717, 1.165) is 25.0 Å². The molecule has 1 unspecified atom stereocenters. The molecule has 1 aromatic carbocycles. The van der Waals surface area contributed by atoms with E-state index in [9.17, 15) is 0 Å². The van der Waals surface area contributed by atoms with Crippen molar-refractivity contribution in [3.63, 3.8) is 0 Å². The number of hydrogen-bond donors (Lipinski definition) is 1. The highest BCUT2D eigenvalue weighted by molar-refractivity contribution is 5.14. The zero-order chi connectivity index (χ0) is 12.1. The number of aromatic nitrogens is 2. The smallest absolute Gasteiger partial charge is 0.0791 e. The van der Waals surface area contributed by atoms with Gasteiger partial charge in [-0.05, 0) is 30.9 Å². The molecule has 0 radical (unpaired) electrons. The van der Waals surface area contributed by atoms with Crippen LogP contribution in [0.3, 0.4) is 0 Å². The molecule has 0 saturated heterocycles. The molecule has 0 fully saturated rings. The quantitative estimate of drug-likeness (QED) is 0.855. The van der Waals surface area contributed by atoms with Gasteiger partial charge in [0.1, 0.15) is 0 Å². The second kappa shape index (κ2) is 5.64. The zero-order valence-corrected chi connectivity index (χ0v) is 10.2. The first-order valence-electron chi connectivity index (χ1n) is 6.05. The highest BCUT2D eigenvalue weighted by Crippen LogP contribution is 2.15. The highest BCUT2D eigenvalue weighted by atomic mass is 15.3. The molecular weight excluding hydrogens is 210 g/mol. The average Bonchev–Trinajstić information content (AvgIpc) is 2.77. The van der Waals surface area contributed by atoms with Crippen molar-refractivity contribution in [2.45, 2.75) is 25.3 Å². The summed E-state index contributed by atoms with van der Waals surface area (Å²) in [5.41, 5.74) is 8.46. The number of aryl methyl sites for hydroxylation is 2. The van der Waals surface area contributed by atoms with E-state index in [2.05, 4.69) is 29.4 Å². The third-order valence-electron chi connectivity index (χ3n) is 2.94.